The van der Waals surface area contributed by atoms with E-state index in [-0.39, 0.29) is 11.6 Å². The van der Waals surface area contributed by atoms with E-state index in [9.17, 15) is 8.78 Å². The highest BCUT2D eigenvalue weighted by molar-refractivity contribution is 5.50. The molecule has 0 aliphatic carbocycles. The van der Waals surface area contributed by atoms with Crippen molar-refractivity contribution in [2.24, 2.45) is 0 Å². The van der Waals surface area contributed by atoms with Crippen LogP contribution in [0.25, 0.3) is 0 Å². The van der Waals surface area contributed by atoms with Gasteiger partial charge in [0.15, 0.2) is 0 Å². The topological polar surface area (TPSA) is 15.3 Å². The second-order valence-corrected chi connectivity index (χ2v) is 5.27. The van der Waals surface area contributed by atoms with Gasteiger partial charge in [0.2, 0.25) is 0 Å². The quantitative estimate of drug-likeness (QED) is 0.902. The molecule has 0 radical (unpaired) electrons. The number of benzene rings is 1. The minimum absolute atomic E-state index is 0.320. The summed E-state index contributed by atoms with van der Waals surface area (Å²) in [6, 6.07) is 3.12. The van der Waals surface area contributed by atoms with Gasteiger partial charge >= 0.3 is 0 Å². The minimum atomic E-state index is -0.331. The summed E-state index contributed by atoms with van der Waals surface area (Å²) in [5, 5.41) is 3.48. The number of halogens is 2. The molecule has 1 fully saturated rings. The highest BCUT2D eigenvalue weighted by atomic mass is 19.1. The van der Waals surface area contributed by atoms with Crippen molar-refractivity contribution in [3.05, 3.63) is 29.3 Å². The maximum Gasteiger partial charge on any atom is 0.146 e. The number of piperidine rings is 1. The number of hydrogen-bond donors (Lipinski definition) is 1. The Morgan fingerprint density at radius 1 is 1.21 bits per heavy atom. The summed E-state index contributed by atoms with van der Waals surface area (Å²) in [6.07, 6.45) is 3.09. The number of aryl methyl sites for hydroxylation is 1. The van der Waals surface area contributed by atoms with E-state index in [1.807, 2.05) is 4.90 Å². The lowest BCUT2D eigenvalue weighted by Gasteiger charge is -2.34. The highest BCUT2D eigenvalue weighted by Gasteiger charge is 2.21. The second kappa shape index (κ2) is 6.33. The van der Waals surface area contributed by atoms with Crippen molar-refractivity contribution in [1.29, 1.82) is 0 Å². The summed E-state index contributed by atoms with van der Waals surface area (Å²) < 4.78 is 27.4. The second-order valence-electron chi connectivity index (χ2n) is 5.27. The zero-order valence-electron chi connectivity index (χ0n) is 11.7. The van der Waals surface area contributed by atoms with Gasteiger partial charge in [0, 0.05) is 25.2 Å². The molecule has 1 aromatic carbocycles. The molecule has 0 amide bonds. The van der Waals surface area contributed by atoms with Gasteiger partial charge in [0.25, 0.3) is 0 Å². The summed E-state index contributed by atoms with van der Waals surface area (Å²) in [5.74, 6) is -0.651. The first-order chi connectivity index (χ1) is 9.11. The first-order valence-corrected chi connectivity index (χ1v) is 7.05. The average molecular weight is 268 g/mol. The first-order valence-electron chi connectivity index (χ1n) is 7.05. The van der Waals surface area contributed by atoms with Gasteiger partial charge in [0.05, 0.1) is 5.69 Å². The third kappa shape index (κ3) is 3.44. The molecule has 0 atom stereocenters. The molecule has 2 rings (SSSR count). The molecule has 2 nitrogen and oxygen atoms in total. The summed E-state index contributed by atoms with van der Waals surface area (Å²) in [5.41, 5.74) is 0.762. The molecule has 0 unspecified atom stereocenters. The van der Waals surface area contributed by atoms with Gasteiger partial charge in [-0.1, -0.05) is 6.92 Å². The lowest BCUT2D eigenvalue weighted by Crippen LogP contribution is -2.43. The van der Waals surface area contributed by atoms with Crippen molar-refractivity contribution >= 4 is 5.69 Å². The Morgan fingerprint density at radius 2 is 1.89 bits per heavy atom. The highest BCUT2D eigenvalue weighted by Crippen LogP contribution is 2.25. The number of rotatable bonds is 4. The zero-order chi connectivity index (χ0) is 13.8. The molecule has 19 heavy (non-hydrogen) atoms. The normalized spacial score (nSPS) is 16.9. The summed E-state index contributed by atoms with van der Waals surface area (Å²) in [6.45, 7) is 6.31. The smallest absolute Gasteiger partial charge is 0.146 e. The molecule has 1 aliphatic heterocycles. The molecule has 1 saturated heterocycles. The van der Waals surface area contributed by atoms with Crippen LogP contribution >= 0.6 is 0 Å². The van der Waals surface area contributed by atoms with Crippen molar-refractivity contribution in [3.63, 3.8) is 0 Å². The molecule has 0 aromatic heterocycles. The van der Waals surface area contributed by atoms with Gasteiger partial charge in [-0.2, -0.15) is 0 Å². The zero-order valence-corrected chi connectivity index (χ0v) is 11.7. The van der Waals surface area contributed by atoms with Gasteiger partial charge < -0.3 is 10.2 Å². The van der Waals surface area contributed by atoms with Crippen LogP contribution in [-0.2, 0) is 0 Å². The van der Waals surface area contributed by atoms with Crippen molar-refractivity contribution < 1.29 is 8.78 Å². The van der Waals surface area contributed by atoms with E-state index in [1.165, 1.54) is 12.1 Å². The van der Waals surface area contributed by atoms with E-state index in [1.54, 1.807) is 6.92 Å². The Morgan fingerprint density at radius 3 is 2.53 bits per heavy atom. The third-order valence-corrected chi connectivity index (χ3v) is 3.75. The molecular weight excluding hydrogens is 246 g/mol. The Labute approximate surface area is 113 Å². The monoisotopic (exact) mass is 268 g/mol. The van der Waals surface area contributed by atoms with Crippen LogP contribution < -0.4 is 10.2 Å². The number of anilines is 1. The van der Waals surface area contributed by atoms with Crippen LogP contribution in [0.2, 0.25) is 0 Å². The van der Waals surface area contributed by atoms with E-state index in [2.05, 4.69) is 12.2 Å². The predicted molar refractivity (Wildman–Crippen MR) is 74.6 cm³/mol. The number of hydrogen-bond acceptors (Lipinski definition) is 2. The predicted octanol–water partition coefficient (Wildman–Crippen LogP) is 3.24. The first kappa shape index (κ1) is 14.3. The van der Waals surface area contributed by atoms with Crippen molar-refractivity contribution in [3.8, 4) is 0 Å². The molecule has 1 N–H and O–H groups in total. The van der Waals surface area contributed by atoms with Crippen LogP contribution in [0.1, 0.15) is 31.7 Å². The van der Waals surface area contributed by atoms with E-state index < -0.39 is 0 Å². The summed E-state index contributed by atoms with van der Waals surface area (Å²) >= 11 is 0. The van der Waals surface area contributed by atoms with Crippen molar-refractivity contribution in [1.82, 2.24) is 5.32 Å². The van der Waals surface area contributed by atoms with Crippen LogP contribution in [0, 0.1) is 18.6 Å². The third-order valence-electron chi connectivity index (χ3n) is 3.75. The molecule has 1 aliphatic rings. The van der Waals surface area contributed by atoms with Crippen LogP contribution in [0.15, 0.2) is 12.1 Å². The average Bonchev–Trinajstić information content (AvgIpc) is 2.41. The van der Waals surface area contributed by atoms with E-state index in [4.69, 9.17) is 0 Å². The van der Waals surface area contributed by atoms with E-state index in [0.29, 0.717) is 17.3 Å². The molecule has 1 heterocycles. The van der Waals surface area contributed by atoms with Gasteiger partial charge in [-0.3, -0.25) is 0 Å². The Hall–Kier alpha value is -1.16. The SMILES string of the molecule is CCCNC1CCN(c2cc(F)c(C)cc2F)CC1. The molecular formula is C15H22F2N2. The van der Waals surface area contributed by atoms with Gasteiger partial charge in [0.1, 0.15) is 11.6 Å². The molecule has 1 aromatic rings. The lowest BCUT2D eigenvalue weighted by molar-refractivity contribution is 0.413. The van der Waals surface area contributed by atoms with E-state index >= 15 is 0 Å². The number of nitrogens with one attached hydrogen (secondary N) is 1. The van der Waals surface area contributed by atoms with E-state index in [0.717, 1.165) is 38.9 Å². The largest absolute Gasteiger partial charge is 0.369 e. The fourth-order valence-electron chi connectivity index (χ4n) is 2.55. The molecule has 106 valence electrons. The Balaban J connectivity index is 1.99. The molecule has 4 heteroatoms. The fraction of sp³-hybridized carbons (Fsp3) is 0.600. The van der Waals surface area contributed by atoms with Crippen molar-refractivity contribution in [2.45, 2.75) is 39.2 Å². The summed E-state index contributed by atoms with van der Waals surface area (Å²) in [4.78, 5) is 1.95. The fourth-order valence-corrected chi connectivity index (χ4v) is 2.55. The molecule has 0 saturated carbocycles. The van der Waals surface area contributed by atoms with Gasteiger partial charge in [-0.25, -0.2) is 8.78 Å². The van der Waals surface area contributed by atoms with Crippen LogP contribution in [0.3, 0.4) is 0 Å². The van der Waals surface area contributed by atoms with Crippen LogP contribution in [0.5, 0.6) is 0 Å². The van der Waals surface area contributed by atoms with Crippen LogP contribution in [-0.4, -0.2) is 25.7 Å². The lowest BCUT2D eigenvalue weighted by atomic mass is 10.0. The van der Waals surface area contributed by atoms with Gasteiger partial charge in [-0.05, 0) is 44.4 Å². The maximum atomic E-state index is 13.9. The minimum Gasteiger partial charge on any atom is -0.369 e. The molecule has 0 bridgehead atoms. The Bertz CT molecular complexity index is 426. The van der Waals surface area contributed by atoms with Gasteiger partial charge in [-0.15, -0.1) is 0 Å². The summed E-state index contributed by atoms with van der Waals surface area (Å²) in [7, 11) is 0. The standard InChI is InChI=1S/C15H22F2N2/c1-3-6-18-12-4-7-19(8-5-12)15-10-13(16)11(2)9-14(15)17/h9-10,12,18H,3-8H2,1-2H3. The molecule has 0 spiro atoms. The Kier molecular flexibility index (Phi) is 4.75. The maximum absolute atomic E-state index is 13.9. The van der Waals surface area contributed by atoms with Crippen molar-refractivity contribution in [2.75, 3.05) is 24.5 Å². The number of nitrogens with zero attached hydrogens (tertiary/aromatic N) is 1. The van der Waals surface area contributed by atoms with Crippen LogP contribution in [0.4, 0.5) is 14.5 Å².